The summed E-state index contributed by atoms with van der Waals surface area (Å²) in [6, 6.07) is 6.14. The fourth-order valence-electron chi connectivity index (χ4n) is 2.58. The largest absolute Gasteiger partial charge is 0.525 e. The van der Waals surface area contributed by atoms with Gasteiger partial charge in [-0.15, -0.1) is 9.35 Å². The molecule has 9 nitrogen and oxygen atoms in total. The first-order valence-corrected chi connectivity index (χ1v) is 9.29. The van der Waals surface area contributed by atoms with Crippen LogP contribution in [0.5, 0.6) is 5.75 Å². The molecule has 1 aliphatic rings. The van der Waals surface area contributed by atoms with E-state index in [1.54, 1.807) is 0 Å². The number of amides is 2. The van der Waals surface area contributed by atoms with Gasteiger partial charge in [0.05, 0.1) is 11.1 Å². The summed E-state index contributed by atoms with van der Waals surface area (Å²) in [5.74, 6) is -3.16. The van der Waals surface area contributed by atoms with Crippen molar-refractivity contribution >= 4 is 38.9 Å². The fraction of sp³-hybridized carbons (Fsp3) is 0.118. The van der Waals surface area contributed by atoms with Crippen LogP contribution < -0.4 is 4.74 Å². The lowest BCUT2D eigenvalue weighted by Gasteiger charge is -2.25. The minimum atomic E-state index is -6.30. The van der Waals surface area contributed by atoms with Crippen molar-refractivity contribution in [3.8, 4) is 5.75 Å². The maximum Gasteiger partial charge on any atom is 0.525 e. The van der Waals surface area contributed by atoms with Crippen molar-refractivity contribution in [2.75, 3.05) is 6.61 Å². The number of carbonyl (C=O) groups is 3. The molecule has 0 aliphatic carbocycles. The van der Waals surface area contributed by atoms with E-state index in [1.807, 2.05) is 0 Å². The SMILES string of the molecule is C=CCOC(=O)Oc1cc2c3c(cccc3c1)C(=O)N(OS(=O)(=O)C(F)(F)F)C2=O. The van der Waals surface area contributed by atoms with Gasteiger partial charge in [-0.1, -0.05) is 24.8 Å². The minimum absolute atomic E-state index is 0.0172. The van der Waals surface area contributed by atoms with Gasteiger partial charge in [0.25, 0.3) is 11.8 Å². The number of benzene rings is 2. The van der Waals surface area contributed by atoms with Crippen molar-refractivity contribution in [2.45, 2.75) is 5.51 Å². The Bertz CT molecular complexity index is 1190. The Kier molecular flexibility index (Phi) is 5.26. The highest BCUT2D eigenvalue weighted by Gasteiger charge is 2.51. The molecule has 30 heavy (non-hydrogen) atoms. The van der Waals surface area contributed by atoms with Crippen molar-refractivity contribution in [1.29, 1.82) is 0 Å². The van der Waals surface area contributed by atoms with E-state index in [2.05, 4.69) is 15.6 Å². The van der Waals surface area contributed by atoms with E-state index in [0.29, 0.717) is 0 Å². The van der Waals surface area contributed by atoms with Crippen LogP contribution in [0.3, 0.4) is 0 Å². The van der Waals surface area contributed by atoms with Crippen LogP contribution in [0.2, 0.25) is 0 Å². The quantitative estimate of drug-likeness (QED) is 0.227. The third kappa shape index (κ3) is 3.71. The molecule has 0 bridgehead atoms. The highest BCUT2D eigenvalue weighted by molar-refractivity contribution is 7.87. The number of nitrogens with zero attached hydrogens (tertiary/aromatic N) is 1. The summed E-state index contributed by atoms with van der Waals surface area (Å²) in [6.45, 7) is 3.17. The van der Waals surface area contributed by atoms with Crippen LogP contribution in [0.25, 0.3) is 10.8 Å². The van der Waals surface area contributed by atoms with Crippen LogP contribution >= 0.6 is 0 Å². The van der Waals surface area contributed by atoms with Crippen molar-refractivity contribution in [3.63, 3.8) is 0 Å². The van der Waals surface area contributed by atoms with E-state index in [9.17, 15) is 36.0 Å². The van der Waals surface area contributed by atoms with Crippen LogP contribution in [-0.2, 0) is 19.1 Å². The second-order valence-corrected chi connectivity index (χ2v) is 7.23. The number of hydroxylamine groups is 2. The molecular weight excluding hydrogens is 435 g/mol. The second-order valence-electron chi connectivity index (χ2n) is 5.71. The lowest BCUT2D eigenvalue weighted by atomic mass is 9.95. The van der Waals surface area contributed by atoms with Crippen LogP contribution in [0, 0.1) is 0 Å². The van der Waals surface area contributed by atoms with Crippen LogP contribution in [0.15, 0.2) is 43.0 Å². The number of ether oxygens (including phenoxy) is 2. The molecule has 2 amide bonds. The smallest absolute Gasteiger partial charge is 0.430 e. The number of carbonyl (C=O) groups excluding carboxylic acids is 3. The van der Waals surface area contributed by atoms with Gasteiger partial charge in [-0.25, -0.2) is 4.79 Å². The standard InChI is InChI=1S/C17H10F3NO8S/c1-2-6-27-16(24)28-10-7-9-4-3-5-11-13(9)12(8-10)15(23)21(14(11)22)29-30(25,26)17(18,19)20/h2-5,7-8H,1,6H2. The third-order valence-corrected chi connectivity index (χ3v) is 4.67. The topological polar surface area (TPSA) is 116 Å². The maximum atomic E-state index is 12.6. The summed E-state index contributed by atoms with van der Waals surface area (Å²) in [7, 11) is -6.30. The molecule has 0 unspecified atom stereocenters. The van der Waals surface area contributed by atoms with Gasteiger partial charge in [0.2, 0.25) is 0 Å². The monoisotopic (exact) mass is 445 g/mol. The first-order chi connectivity index (χ1) is 14.0. The molecule has 1 aliphatic heterocycles. The summed E-state index contributed by atoms with van der Waals surface area (Å²) < 4.78 is 73.8. The molecule has 1 heterocycles. The number of alkyl halides is 3. The highest BCUT2D eigenvalue weighted by atomic mass is 32.2. The Morgan fingerprint density at radius 2 is 1.80 bits per heavy atom. The average molecular weight is 445 g/mol. The molecule has 0 saturated heterocycles. The Morgan fingerprint density at radius 1 is 1.13 bits per heavy atom. The number of imide groups is 1. The molecule has 13 heteroatoms. The molecule has 2 aromatic rings. The summed E-state index contributed by atoms with van der Waals surface area (Å²) in [6.07, 6.45) is 0.105. The van der Waals surface area contributed by atoms with Crippen LogP contribution in [-0.4, -0.2) is 43.6 Å². The van der Waals surface area contributed by atoms with E-state index in [4.69, 9.17) is 4.74 Å². The van der Waals surface area contributed by atoms with Crippen molar-refractivity contribution in [1.82, 2.24) is 5.06 Å². The third-order valence-electron chi connectivity index (χ3n) is 3.76. The molecule has 158 valence electrons. The average Bonchev–Trinajstić information content (AvgIpc) is 2.66. The zero-order valence-electron chi connectivity index (χ0n) is 14.6. The van der Waals surface area contributed by atoms with E-state index < -0.39 is 44.2 Å². The summed E-state index contributed by atoms with van der Waals surface area (Å²) in [5, 5.41) is -0.278. The summed E-state index contributed by atoms with van der Waals surface area (Å²) >= 11 is 0. The van der Waals surface area contributed by atoms with E-state index in [0.717, 1.165) is 12.1 Å². The molecule has 0 N–H and O–H groups in total. The Balaban J connectivity index is 2.07. The normalized spacial score (nSPS) is 14.0. The van der Waals surface area contributed by atoms with Crippen LogP contribution in [0.1, 0.15) is 20.7 Å². The van der Waals surface area contributed by atoms with Gasteiger partial charge in [-0.05, 0) is 23.6 Å². The Labute approximate surface area is 166 Å². The first-order valence-electron chi connectivity index (χ1n) is 7.88. The predicted octanol–water partition coefficient (Wildman–Crippen LogP) is 2.92. The minimum Gasteiger partial charge on any atom is -0.430 e. The molecule has 0 spiro atoms. The van der Waals surface area contributed by atoms with Gasteiger partial charge in [-0.2, -0.15) is 21.6 Å². The van der Waals surface area contributed by atoms with Gasteiger partial charge < -0.3 is 9.47 Å². The molecule has 2 aromatic carbocycles. The zero-order chi connectivity index (χ0) is 22.3. The fourth-order valence-corrected chi connectivity index (χ4v) is 2.99. The second kappa shape index (κ2) is 7.42. The van der Waals surface area contributed by atoms with Crippen molar-refractivity contribution in [2.24, 2.45) is 0 Å². The molecule has 0 radical (unpaired) electrons. The van der Waals surface area contributed by atoms with Gasteiger partial charge >= 0.3 is 21.8 Å². The molecule has 0 saturated carbocycles. The lowest BCUT2D eigenvalue weighted by Crippen LogP contribution is -2.44. The molecule has 0 fully saturated rings. The highest BCUT2D eigenvalue weighted by Crippen LogP contribution is 2.35. The van der Waals surface area contributed by atoms with Crippen LogP contribution in [0.4, 0.5) is 18.0 Å². The van der Waals surface area contributed by atoms with E-state index >= 15 is 0 Å². The molecular formula is C17H10F3NO8S. The lowest BCUT2D eigenvalue weighted by molar-refractivity contribution is -0.0761. The summed E-state index contributed by atoms with van der Waals surface area (Å²) in [5.41, 5.74) is -6.59. The first kappa shape index (κ1) is 21.3. The van der Waals surface area contributed by atoms with E-state index in [-0.39, 0.29) is 28.7 Å². The number of hydrogen-bond acceptors (Lipinski definition) is 8. The van der Waals surface area contributed by atoms with Crippen molar-refractivity contribution < 1.29 is 49.7 Å². The number of halogens is 3. The Morgan fingerprint density at radius 3 is 2.43 bits per heavy atom. The maximum absolute atomic E-state index is 12.6. The number of hydrogen-bond donors (Lipinski definition) is 0. The van der Waals surface area contributed by atoms with Gasteiger partial charge in [0, 0.05) is 5.39 Å². The molecule has 0 atom stereocenters. The molecule has 0 aromatic heterocycles. The predicted molar refractivity (Wildman–Crippen MR) is 92.7 cm³/mol. The number of rotatable bonds is 5. The van der Waals surface area contributed by atoms with E-state index in [1.165, 1.54) is 24.3 Å². The Hall–Kier alpha value is -3.45. The van der Waals surface area contributed by atoms with Crippen molar-refractivity contribution in [3.05, 3.63) is 54.1 Å². The van der Waals surface area contributed by atoms with Gasteiger partial charge in [0.1, 0.15) is 12.4 Å². The summed E-state index contributed by atoms with van der Waals surface area (Å²) in [4.78, 5) is 36.6. The van der Waals surface area contributed by atoms with Gasteiger partial charge in [-0.3, -0.25) is 9.59 Å². The molecule has 3 rings (SSSR count). The van der Waals surface area contributed by atoms with Gasteiger partial charge in [0.15, 0.2) is 0 Å². The zero-order valence-corrected chi connectivity index (χ0v) is 15.5.